The summed E-state index contributed by atoms with van der Waals surface area (Å²) in [6.45, 7) is 14.4. The molecule has 5 nitrogen and oxygen atoms in total. The van der Waals surface area contributed by atoms with Crippen LogP contribution in [0.3, 0.4) is 0 Å². The maximum Gasteiger partial charge on any atom is 0.254 e. The van der Waals surface area contributed by atoms with Crippen molar-refractivity contribution in [1.29, 1.82) is 0 Å². The molecule has 2 aliphatic rings. The summed E-state index contributed by atoms with van der Waals surface area (Å²) in [5, 5.41) is 0. The van der Waals surface area contributed by atoms with Gasteiger partial charge in [0.15, 0.2) is 0 Å². The highest BCUT2D eigenvalue weighted by Gasteiger charge is 2.28. The highest BCUT2D eigenvalue weighted by Crippen LogP contribution is 2.33. The van der Waals surface area contributed by atoms with Crippen LogP contribution in [0.5, 0.6) is 5.75 Å². The van der Waals surface area contributed by atoms with Crippen LogP contribution in [-0.2, 0) is 11.2 Å². The van der Waals surface area contributed by atoms with E-state index in [2.05, 4.69) is 38.7 Å². The Morgan fingerprint density at radius 2 is 1.85 bits per heavy atom. The van der Waals surface area contributed by atoms with Crippen LogP contribution in [0.1, 0.15) is 55.1 Å². The van der Waals surface area contributed by atoms with E-state index in [-0.39, 0.29) is 11.9 Å². The maximum atomic E-state index is 12.9. The summed E-state index contributed by atoms with van der Waals surface area (Å²) in [5.74, 6) is 1.37. The highest BCUT2D eigenvalue weighted by molar-refractivity contribution is 5.97. The lowest BCUT2D eigenvalue weighted by molar-refractivity contribution is 0.0321. The molecule has 1 saturated heterocycles. The highest BCUT2D eigenvalue weighted by atomic mass is 16.5. The summed E-state index contributed by atoms with van der Waals surface area (Å²) in [6, 6.07) is 4.41. The number of hydrogen-bond donors (Lipinski definition) is 0. The third-order valence-electron chi connectivity index (χ3n) is 5.36. The monoisotopic (exact) mass is 360 g/mol. The predicted molar refractivity (Wildman–Crippen MR) is 103 cm³/mol. The Morgan fingerprint density at radius 1 is 1.12 bits per heavy atom. The second-order valence-electron chi connectivity index (χ2n) is 7.85. The van der Waals surface area contributed by atoms with Crippen LogP contribution < -0.4 is 4.74 Å². The number of benzene rings is 1. The number of morpholine rings is 1. The van der Waals surface area contributed by atoms with Crippen molar-refractivity contribution in [3.63, 3.8) is 0 Å². The number of carbonyl (C=O) groups excluding carboxylic acids is 1. The number of ether oxygens (including phenoxy) is 2. The Kier molecular flexibility index (Phi) is 6.20. The topological polar surface area (TPSA) is 42.0 Å². The Morgan fingerprint density at radius 3 is 2.50 bits per heavy atom. The quantitative estimate of drug-likeness (QED) is 0.782. The second-order valence-corrected chi connectivity index (χ2v) is 7.85. The molecule has 0 unspecified atom stereocenters. The summed E-state index contributed by atoms with van der Waals surface area (Å²) in [5.41, 5.74) is 3.18. The fraction of sp³-hybridized carbons (Fsp3) is 0.667. The minimum Gasteiger partial charge on any atom is -0.492 e. The van der Waals surface area contributed by atoms with Crippen LogP contribution in [0.25, 0.3) is 0 Å². The van der Waals surface area contributed by atoms with E-state index < -0.39 is 0 Å². The third-order valence-corrected chi connectivity index (χ3v) is 5.36. The zero-order valence-corrected chi connectivity index (χ0v) is 16.6. The van der Waals surface area contributed by atoms with Gasteiger partial charge in [0.25, 0.3) is 5.91 Å². The van der Waals surface area contributed by atoms with Gasteiger partial charge >= 0.3 is 0 Å². The number of hydrogen-bond acceptors (Lipinski definition) is 4. The van der Waals surface area contributed by atoms with Gasteiger partial charge in [0.1, 0.15) is 12.4 Å². The lowest BCUT2D eigenvalue weighted by Crippen LogP contribution is -2.42. The van der Waals surface area contributed by atoms with Crippen molar-refractivity contribution in [2.24, 2.45) is 0 Å². The molecule has 2 heterocycles. The fourth-order valence-electron chi connectivity index (χ4n) is 3.73. The normalized spacial score (nSPS) is 18.5. The fourth-order valence-corrected chi connectivity index (χ4v) is 3.73. The zero-order valence-electron chi connectivity index (χ0n) is 16.6. The summed E-state index contributed by atoms with van der Waals surface area (Å²) < 4.78 is 11.6. The Hall–Kier alpha value is -1.59. The van der Waals surface area contributed by atoms with E-state index in [4.69, 9.17) is 9.47 Å². The molecule has 0 aliphatic carbocycles. The van der Waals surface area contributed by atoms with E-state index in [0.717, 1.165) is 62.7 Å². The molecule has 0 spiro atoms. The van der Waals surface area contributed by atoms with Crippen molar-refractivity contribution in [2.75, 3.05) is 46.0 Å². The van der Waals surface area contributed by atoms with Crippen molar-refractivity contribution >= 4 is 5.91 Å². The minimum atomic E-state index is 0.134. The van der Waals surface area contributed by atoms with E-state index in [0.29, 0.717) is 12.5 Å². The minimum absolute atomic E-state index is 0.134. The molecule has 3 rings (SSSR count). The Balaban J connectivity index is 1.76. The van der Waals surface area contributed by atoms with Crippen LogP contribution in [0.4, 0.5) is 0 Å². The molecule has 2 aliphatic heterocycles. The van der Waals surface area contributed by atoms with Crippen molar-refractivity contribution in [3.8, 4) is 5.75 Å². The summed E-state index contributed by atoms with van der Waals surface area (Å²) in [4.78, 5) is 17.2. The Bertz CT molecular complexity index is 636. The van der Waals surface area contributed by atoms with E-state index >= 15 is 0 Å². The molecule has 0 N–H and O–H groups in total. The van der Waals surface area contributed by atoms with Crippen LogP contribution in [0.2, 0.25) is 0 Å². The van der Waals surface area contributed by atoms with Crippen LogP contribution in [0.15, 0.2) is 12.1 Å². The Labute approximate surface area is 157 Å². The maximum absolute atomic E-state index is 12.9. The molecule has 1 aromatic carbocycles. The summed E-state index contributed by atoms with van der Waals surface area (Å²) >= 11 is 0. The van der Waals surface area contributed by atoms with Crippen LogP contribution in [0, 0.1) is 0 Å². The largest absolute Gasteiger partial charge is 0.492 e. The number of nitrogens with zero attached hydrogens (tertiary/aromatic N) is 2. The number of rotatable bonds is 6. The first-order chi connectivity index (χ1) is 12.5. The molecular formula is C21H32N2O3. The van der Waals surface area contributed by atoms with Gasteiger partial charge in [-0.1, -0.05) is 19.9 Å². The molecule has 0 aromatic heterocycles. The molecule has 1 amide bonds. The van der Waals surface area contributed by atoms with Crippen molar-refractivity contribution < 1.29 is 14.3 Å². The molecule has 0 atom stereocenters. The molecule has 0 saturated carbocycles. The molecule has 1 aromatic rings. The van der Waals surface area contributed by atoms with E-state index in [1.807, 2.05) is 11.0 Å². The van der Waals surface area contributed by atoms with Crippen LogP contribution >= 0.6 is 0 Å². The van der Waals surface area contributed by atoms with Gasteiger partial charge in [-0.3, -0.25) is 9.69 Å². The molecule has 26 heavy (non-hydrogen) atoms. The SMILES string of the molecule is CC(C)c1cc2c(cc1OCCN1CCOCC1)C(=O)N(C(C)C)CC2. The first-order valence-electron chi connectivity index (χ1n) is 9.88. The number of amides is 1. The molecule has 144 valence electrons. The molecule has 5 heteroatoms. The van der Waals surface area contributed by atoms with Gasteiger partial charge in [0.2, 0.25) is 0 Å². The van der Waals surface area contributed by atoms with Gasteiger partial charge in [0, 0.05) is 37.8 Å². The van der Waals surface area contributed by atoms with Gasteiger partial charge in [-0.25, -0.2) is 0 Å². The molecular weight excluding hydrogens is 328 g/mol. The average molecular weight is 360 g/mol. The van der Waals surface area contributed by atoms with E-state index in [9.17, 15) is 4.79 Å². The van der Waals surface area contributed by atoms with Crippen molar-refractivity contribution in [1.82, 2.24) is 9.80 Å². The molecule has 1 fully saturated rings. The van der Waals surface area contributed by atoms with Gasteiger partial charge in [-0.05, 0) is 43.4 Å². The molecule has 0 radical (unpaired) electrons. The smallest absolute Gasteiger partial charge is 0.254 e. The molecule has 0 bridgehead atoms. The predicted octanol–water partition coefficient (Wildman–Crippen LogP) is 2.93. The van der Waals surface area contributed by atoms with E-state index in [1.54, 1.807) is 0 Å². The lowest BCUT2D eigenvalue weighted by Gasteiger charge is -2.33. The number of fused-ring (bicyclic) bond motifs is 1. The van der Waals surface area contributed by atoms with Gasteiger partial charge in [-0.2, -0.15) is 0 Å². The first kappa shape index (κ1) is 19.2. The average Bonchev–Trinajstić information content (AvgIpc) is 2.62. The number of carbonyl (C=O) groups is 1. The van der Waals surface area contributed by atoms with Crippen LogP contribution in [-0.4, -0.2) is 67.7 Å². The standard InChI is InChI=1S/C21H32N2O3/c1-15(2)18-13-17-5-6-23(16(3)4)21(24)19(17)14-20(18)26-12-9-22-7-10-25-11-8-22/h13-16H,5-12H2,1-4H3. The lowest BCUT2D eigenvalue weighted by atomic mass is 9.91. The second kappa shape index (κ2) is 8.40. The van der Waals surface area contributed by atoms with Gasteiger partial charge < -0.3 is 14.4 Å². The van der Waals surface area contributed by atoms with Crippen molar-refractivity contribution in [2.45, 2.75) is 46.1 Å². The summed E-state index contributed by atoms with van der Waals surface area (Å²) in [6.07, 6.45) is 0.924. The third kappa shape index (κ3) is 4.21. The van der Waals surface area contributed by atoms with Gasteiger partial charge in [-0.15, -0.1) is 0 Å². The van der Waals surface area contributed by atoms with Gasteiger partial charge in [0.05, 0.1) is 13.2 Å². The van der Waals surface area contributed by atoms with E-state index in [1.165, 1.54) is 5.56 Å². The summed E-state index contributed by atoms with van der Waals surface area (Å²) in [7, 11) is 0. The zero-order chi connectivity index (χ0) is 18.7. The first-order valence-corrected chi connectivity index (χ1v) is 9.88. The van der Waals surface area contributed by atoms with Crippen molar-refractivity contribution in [3.05, 3.63) is 28.8 Å².